The van der Waals surface area contributed by atoms with Crippen LogP contribution in [0.25, 0.3) is 0 Å². The van der Waals surface area contributed by atoms with Crippen molar-refractivity contribution in [3.8, 4) is 11.8 Å². The number of hydrogen-bond donors (Lipinski definition) is 0. The second kappa shape index (κ2) is 6.68. The van der Waals surface area contributed by atoms with E-state index >= 15 is 0 Å². The van der Waals surface area contributed by atoms with Crippen molar-refractivity contribution in [1.29, 1.82) is 0 Å². The predicted octanol–water partition coefficient (Wildman–Crippen LogP) is 3.16. The van der Waals surface area contributed by atoms with Crippen molar-refractivity contribution in [3.05, 3.63) is 12.7 Å². The van der Waals surface area contributed by atoms with E-state index < -0.39 is 0 Å². The molecule has 78 valence electrons. The Labute approximate surface area is 87.5 Å². The van der Waals surface area contributed by atoms with Gasteiger partial charge in [-0.1, -0.05) is 31.3 Å². The molecule has 1 aliphatic carbocycles. The van der Waals surface area contributed by atoms with Crippen molar-refractivity contribution in [3.63, 3.8) is 0 Å². The van der Waals surface area contributed by atoms with Crippen molar-refractivity contribution < 1.29 is 4.74 Å². The predicted molar refractivity (Wildman–Crippen MR) is 60.0 cm³/mol. The maximum absolute atomic E-state index is 5.68. The van der Waals surface area contributed by atoms with Gasteiger partial charge in [-0.2, -0.15) is 0 Å². The molecule has 0 saturated heterocycles. The van der Waals surface area contributed by atoms with E-state index in [2.05, 4.69) is 18.4 Å². The first kappa shape index (κ1) is 11.3. The largest absolute Gasteiger partial charge is 0.361 e. The second-order valence-electron chi connectivity index (χ2n) is 3.84. The Morgan fingerprint density at radius 2 is 2.14 bits per heavy atom. The lowest BCUT2D eigenvalue weighted by atomic mass is 9.85. The van der Waals surface area contributed by atoms with E-state index in [1.54, 1.807) is 6.08 Å². The molecule has 0 aliphatic heterocycles. The summed E-state index contributed by atoms with van der Waals surface area (Å²) in [6.07, 6.45) is 8.54. The Morgan fingerprint density at radius 1 is 1.43 bits per heavy atom. The summed E-state index contributed by atoms with van der Waals surface area (Å²) < 4.78 is 5.68. The fourth-order valence-corrected chi connectivity index (χ4v) is 2.05. The molecule has 14 heavy (non-hydrogen) atoms. The van der Waals surface area contributed by atoms with Gasteiger partial charge in [0.25, 0.3) is 0 Å². The van der Waals surface area contributed by atoms with Crippen molar-refractivity contribution in [2.45, 2.75) is 45.1 Å². The van der Waals surface area contributed by atoms with Crippen LogP contribution in [0, 0.1) is 17.8 Å². The molecule has 0 bridgehead atoms. The number of ether oxygens (including phenoxy) is 1. The molecular weight excluding hydrogens is 172 g/mol. The summed E-state index contributed by atoms with van der Waals surface area (Å²) in [6.45, 7) is 6.17. The molecule has 1 saturated carbocycles. The van der Waals surface area contributed by atoms with Crippen molar-refractivity contribution in [2.75, 3.05) is 6.61 Å². The average molecular weight is 192 g/mol. The van der Waals surface area contributed by atoms with E-state index in [0.29, 0.717) is 12.5 Å². The summed E-state index contributed by atoms with van der Waals surface area (Å²) >= 11 is 0. The zero-order valence-corrected chi connectivity index (χ0v) is 9.09. The van der Waals surface area contributed by atoms with Crippen LogP contribution in [0.2, 0.25) is 0 Å². The first-order valence-electron chi connectivity index (χ1n) is 5.53. The molecule has 1 fully saturated rings. The second-order valence-corrected chi connectivity index (χ2v) is 3.84. The van der Waals surface area contributed by atoms with Crippen molar-refractivity contribution >= 4 is 0 Å². The van der Waals surface area contributed by atoms with E-state index in [0.717, 1.165) is 0 Å². The monoisotopic (exact) mass is 192 g/mol. The SMILES string of the molecule is C=CCOC(C#CC)C1CCCCC1. The van der Waals surface area contributed by atoms with Crippen molar-refractivity contribution in [2.24, 2.45) is 5.92 Å². The van der Waals surface area contributed by atoms with Gasteiger partial charge >= 0.3 is 0 Å². The zero-order chi connectivity index (χ0) is 10.2. The van der Waals surface area contributed by atoms with Crippen LogP contribution in [0.5, 0.6) is 0 Å². The van der Waals surface area contributed by atoms with Crippen LogP contribution in [0.3, 0.4) is 0 Å². The summed E-state index contributed by atoms with van der Waals surface area (Å²) in [5.41, 5.74) is 0. The molecular formula is C13H20O. The summed E-state index contributed by atoms with van der Waals surface area (Å²) in [4.78, 5) is 0. The molecule has 0 aromatic heterocycles. The molecule has 1 atom stereocenters. The van der Waals surface area contributed by atoms with E-state index in [1.807, 2.05) is 6.92 Å². The van der Waals surface area contributed by atoms with Gasteiger partial charge < -0.3 is 4.74 Å². The minimum Gasteiger partial charge on any atom is -0.361 e. The Morgan fingerprint density at radius 3 is 2.71 bits per heavy atom. The summed E-state index contributed by atoms with van der Waals surface area (Å²) in [5.74, 6) is 6.78. The standard InChI is InChI=1S/C13H20O/c1-3-8-13(14-11-4-2)12-9-6-5-7-10-12/h4,12-13H,2,5-7,9-11H2,1H3. The number of hydrogen-bond acceptors (Lipinski definition) is 1. The van der Waals surface area contributed by atoms with Gasteiger partial charge in [-0.15, -0.1) is 12.5 Å². The highest BCUT2D eigenvalue weighted by molar-refractivity contribution is 5.05. The van der Waals surface area contributed by atoms with E-state index in [4.69, 9.17) is 4.74 Å². The normalized spacial score (nSPS) is 19.5. The molecule has 1 nitrogen and oxygen atoms in total. The van der Waals surface area contributed by atoms with E-state index in [-0.39, 0.29) is 6.10 Å². The van der Waals surface area contributed by atoms with Gasteiger partial charge in [0, 0.05) is 0 Å². The molecule has 0 heterocycles. The molecule has 1 aliphatic rings. The third kappa shape index (κ3) is 3.55. The summed E-state index contributed by atoms with van der Waals surface area (Å²) in [6, 6.07) is 0. The first-order valence-corrected chi connectivity index (χ1v) is 5.53. The summed E-state index contributed by atoms with van der Waals surface area (Å²) in [5, 5.41) is 0. The van der Waals surface area contributed by atoms with Crippen molar-refractivity contribution in [1.82, 2.24) is 0 Å². The van der Waals surface area contributed by atoms with Crippen LogP contribution in [0.1, 0.15) is 39.0 Å². The summed E-state index contributed by atoms with van der Waals surface area (Å²) in [7, 11) is 0. The van der Waals surface area contributed by atoms with Gasteiger partial charge in [-0.25, -0.2) is 0 Å². The zero-order valence-electron chi connectivity index (χ0n) is 9.09. The van der Waals surface area contributed by atoms with Gasteiger partial charge in [-0.3, -0.25) is 0 Å². The van der Waals surface area contributed by atoms with Crippen LogP contribution in [-0.4, -0.2) is 12.7 Å². The first-order chi connectivity index (χ1) is 6.88. The van der Waals surface area contributed by atoms with Crippen LogP contribution in [0.15, 0.2) is 12.7 Å². The molecule has 0 N–H and O–H groups in total. The minimum absolute atomic E-state index is 0.137. The Hall–Kier alpha value is -0.740. The maximum Gasteiger partial charge on any atom is 0.121 e. The van der Waals surface area contributed by atoms with Gasteiger partial charge in [-0.05, 0) is 25.7 Å². The fourth-order valence-electron chi connectivity index (χ4n) is 2.05. The Kier molecular flexibility index (Phi) is 5.40. The maximum atomic E-state index is 5.68. The van der Waals surface area contributed by atoms with Crippen LogP contribution in [-0.2, 0) is 4.74 Å². The topological polar surface area (TPSA) is 9.23 Å². The molecule has 0 amide bonds. The van der Waals surface area contributed by atoms with Gasteiger partial charge in [0.1, 0.15) is 6.10 Å². The highest BCUT2D eigenvalue weighted by Crippen LogP contribution is 2.27. The van der Waals surface area contributed by atoms with Gasteiger partial charge in [0.05, 0.1) is 6.61 Å². The van der Waals surface area contributed by atoms with Crippen LogP contribution in [0.4, 0.5) is 0 Å². The molecule has 0 aromatic carbocycles. The highest BCUT2D eigenvalue weighted by Gasteiger charge is 2.22. The quantitative estimate of drug-likeness (QED) is 0.491. The van der Waals surface area contributed by atoms with Gasteiger partial charge in [0.2, 0.25) is 0 Å². The van der Waals surface area contributed by atoms with Gasteiger partial charge in [0.15, 0.2) is 0 Å². The third-order valence-electron chi connectivity index (χ3n) is 2.76. The Balaban J connectivity index is 2.45. The lowest BCUT2D eigenvalue weighted by Gasteiger charge is -2.26. The minimum atomic E-state index is 0.137. The molecule has 0 radical (unpaired) electrons. The molecule has 1 rings (SSSR count). The lowest BCUT2D eigenvalue weighted by molar-refractivity contribution is 0.0558. The molecule has 0 aromatic rings. The van der Waals surface area contributed by atoms with Crippen LogP contribution < -0.4 is 0 Å². The molecule has 1 heteroatoms. The molecule has 0 spiro atoms. The third-order valence-corrected chi connectivity index (χ3v) is 2.76. The average Bonchev–Trinajstić information content (AvgIpc) is 2.25. The lowest BCUT2D eigenvalue weighted by Crippen LogP contribution is -2.24. The molecule has 1 unspecified atom stereocenters. The number of rotatable bonds is 4. The fraction of sp³-hybridized carbons (Fsp3) is 0.692. The van der Waals surface area contributed by atoms with Crippen LogP contribution >= 0.6 is 0 Å². The Bertz CT molecular complexity index is 215. The smallest absolute Gasteiger partial charge is 0.121 e. The van der Waals surface area contributed by atoms with E-state index in [9.17, 15) is 0 Å². The highest BCUT2D eigenvalue weighted by atomic mass is 16.5. The van der Waals surface area contributed by atoms with E-state index in [1.165, 1.54) is 32.1 Å².